The van der Waals surface area contributed by atoms with E-state index in [0.29, 0.717) is 12.5 Å². The van der Waals surface area contributed by atoms with Crippen LogP contribution in [0.3, 0.4) is 0 Å². The molecule has 0 aliphatic heterocycles. The number of nitrogens with zero attached hydrogens (tertiary/aromatic N) is 3. The Morgan fingerprint density at radius 3 is 2.52 bits per heavy atom. The Kier molecular flexibility index (Phi) is 5.28. The molecule has 2 aromatic rings. The molecule has 0 saturated carbocycles. The Balaban J connectivity index is 2.20. The van der Waals surface area contributed by atoms with Gasteiger partial charge in [0, 0.05) is 13.1 Å². The van der Waals surface area contributed by atoms with Crippen LogP contribution in [-0.2, 0) is 13.1 Å². The topological polar surface area (TPSA) is 56.7 Å². The van der Waals surface area contributed by atoms with E-state index in [2.05, 4.69) is 67.5 Å². The van der Waals surface area contributed by atoms with Gasteiger partial charge in [0.25, 0.3) is 0 Å². The molecule has 2 rings (SSSR count). The van der Waals surface area contributed by atoms with Gasteiger partial charge in [-0.3, -0.25) is 0 Å². The average Bonchev–Trinajstić information content (AvgIpc) is 2.86. The summed E-state index contributed by atoms with van der Waals surface area (Å²) in [5, 5.41) is 8.40. The molecule has 1 aromatic carbocycles. The van der Waals surface area contributed by atoms with E-state index in [1.807, 2.05) is 4.68 Å². The standard InChI is InChI=1S/C17H24N4/c1-13(2)10-11-21-17(16(12-18)19-20-21)9-8-15-6-4-14(3)5-7-15/h4-9,13H,10-12,18H2,1-3H3/b9-8+. The monoisotopic (exact) mass is 284 g/mol. The first-order valence-electron chi connectivity index (χ1n) is 7.47. The lowest BCUT2D eigenvalue weighted by molar-refractivity contribution is 0.476. The third-order valence-electron chi connectivity index (χ3n) is 3.47. The van der Waals surface area contributed by atoms with Gasteiger partial charge in [0.15, 0.2) is 0 Å². The molecule has 0 bridgehead atoms. The second kappa shape index (κ2) is 7.18. The van der Waals surface area contributed by atoms with Crippen LogP contribution in [0.4, 0.5) is 0 Å². The smallest absolute Gasteiger partial charge is 0.104 e. The van der Waals surface area contributed by atoms with E-state index in [4.69, 9.17) is 5.73 Å². The summed E-state index contributed by atoms with van der Waals surface area (Å²) in [7, 11) is 0. The number of hydrogen-bond acceptors (Lipinski definition) is 3. The summed E-state index contributed by atoms with van der Waals surface area (Å²) in [5.74, 6) is 0.643. The number of nitrogens with two attached hydrogens (primary N) is 1. The maximum atomic E-state index is 5.76. The zero-order valence-electron chi connectivity index (χ0n) is 13.1. The van der Waals surface area contributed by atoms with Gasteiger partial charge in [0.05, 0.1) is 5.69 Å². The fourth-order valence-corrected chi connectivity index (χ4v) is 2.08. The quantitative estimate of drug-likeness (QED) is 0.885. The van der Waals surface area contributed by atoms with E-state index in [9.17, 15) is 0 Å². The summed E-state index contributed by atoms with van der Waals surface area (Å²) in [6.07, 6.45) is 5.23. The Morgan fingerprint density at radius 1 is 1.19 bits per heavy atom. The lowest BCUT2D eigenvalue weighted by atomic mass is 10.1. The van der Waals surface area contributed by atoms with Gasteiger partial charge in [0.1, 0.15) is 5.69 Å². The van der Waals surface area contributed by atoms with Crippen molar-refractivity contribution in [1.82, 2.24) is 15.0 Å². The van der Waals surface area contributed by atoms with Crippen LogP contribution in [0, 0.1) is 12.8 Å². The molecular weight excluding hydrogens is 260 g/mol. The van der Waals surface area contributed by atoms with E-state index in [-0.39, 0.29) is 0 Å². The van der Waals surface area contributed by atoms with Crippen molar-refractivity contribution in [2.75, 3.05) is 0 Å². The van der Waals surface area contributed by atoms with Gasteiger partial charge in [-0.15, -0.1) is 5.10 Å². The Morgan fingerprint density at radius 2 is 1.90 bits per heavy atom. The molecule has 0 amide bonds. The van der Waals surface area contributed by atoms with E-state index < -0.39 is 0 Å². The van der Waals surface area contributed by atoms with Gasteiger partial charge in [0.2, 0.25) is 0 Å². The summed E-state index contributed by atoms with van der Waals surface area (Å²) in [6, 6.07) is 8.43. The van der Waals surface area contributed by atoms with Crippen molar-refractivity contribution in [3.05, 3.63) is 46.8 Å². The van der Waals surface area contributed by atoms with Crippen molar-refractivity contribution in [3.63, 3.8) is 0 Å². The number of benzene rings is 1. The molecule has 0 radical (unpaired) electrons. The fraction of sp³-hybridized carbons (Fsp3) is 0.412. The SMILES string of the molecule is Cc1ccc(/C=C/c2c(CN)nnn2CCC(C)C)cc1. The van der Waals surface area contributed by atoms with Gasteiger partial charge in [-0.2, -0.15) is 0 Å². The molecule has 0 aliphatic carbocycles. The molecule has 0 aliphatic rings. The van der Waals surface area contributed by atoms with Gasteiger partial charge >= 0.3 is 0 Å². The third kappa shape index (κ3) is 4.26. The minimum atomic E-state index is 0.412. The maximum Gasteiger partial charge on any atom is 0.104 e. The van der Waals surface area contributed by atoms with Crippen molar-refractivity contribution < 1.29 is 0 Å². The number of aromatic nitrogens is 3. The predicted octanol–water partition coefficient (Wildman–Crippen LogP) is 3.26. The van der Waals surface area contributed by atoms with Crippen molar-refractivity contribution in [2.45, 2.75) is 40.3 Å². The van der Waals surface area contributed by atoms with Gasteiger partial charge in [-0.25, -0.2) is 4.68 Å². The average molecular weight is 284 g/mol. The summed E-state index contributed by atoms with van der Waals surface area (Å²) in [6.45, 7) is 7.80. The van der Waals surface area contributed by atoms with Gasteiger partial charge in [-0.05, 0) is 30.9 Å². The lowest BCUT2D eigenvalue weighted by Gasteiger charge is -2.06. The van der Waals surface area contributed by atoms with Gasteiger partial charge < -0.3 is 5.73 Å². The van der Waals surface area contributed by atoms with Crippen LogP contribution < -0.4 is 5.73 Å². The van der Waals surface area contributed by atoms with Crippen LogP contribution in [-0.4, -0.2) is 15.0 Å². The van der Waals surface area contributed by atoms with Crippen LogP contribution in [0.15, 0.2) is 24.3 Å². The normalized spacial score (nSPS) is 11.7. The molecule has 1 heterocycles. The molecule has 21 heavy (non-hydrogen) atoms. The first-order chi connectivity index (χ1) is 10.1. The minimum Gasteiger partial charge on any atom is -0.325 e. The lowest BCUT2D eigenvalue weighted by Crippen LogP contribution is -2.06. The summed E-state index contributed by atoms with van der Waals surface area (Å²) >= 11 is 0. The molecule has 0 saturated heterocycles. The van der Waals surface area contributed by atoms with E-state index in [0.717, 1.165) is 24.4 Å². The van der Waals surface area contributed by atoms with Crippen LogP contribution in [0.1, 0.15) is 42.8 Å². The number of aryl methyl sites for hydroxylation is 2. The Labute approximate surface area is 126 Å². The highest BCUT2D eigenvalue weighted by Gasteiger charge is 2.09. The highest BCUT2D eigenvalue weighted by molar-refractivity contribution is 5.69. The number of rotatable bonds is 6. The second-order valence-corrected chi connectivity index (χ2v) is 5.78. The van der Waals surface area contributed by atoms with Crippen molar-refractivity contribution in [1.29, 1.82) is 0 Å². The highest BCUT2D eigenvalue weighted by atomic mass is 15.4. The van der Waals surface area contributed by atoms with E-state index in [1.165, 1.54) is 11.1 Å². The predicted molar refractivity (Wildman–Crippen MR) is 87.5 cm³/mol. The Bertz CT molecular complexity index is 594. The van der Waals surface area contributed by atoms with Crippen LogP contribution in [0.2, 0.25) is 0 Å². The molecule has 0 spiro atoms. The fourth-order valence-electron chi connectivity index (χ4n) is 2.08. The molecular formula is C17H24N4. The van der Waals surface area contributed by atoms with Crippen molar-refractivity contribution in [2.24, 2.45) is 11.7 Å². The van der Waals surface area contributed by atoms with Crippen LogP contribution >= 0.6 is 0 Å². The zero-order valence-corrected chi connectivity index (χ0v) is 13.1. The van der Waals surface area contributed by atoms with Crippen molar-refractivity contribution in [3.8, 4) is 0 Å². The largest absolute Gasteiger partial charge is 0.325 e. The molecule has 0 atom stereocenters. The zero-order chi connectivity index (χ0) is 15.2. The Hall–Kier alpha value is -1.94. The molecule has 0 fully saturated rings. The molecule has 1 aromatic heterocycles. The number of hydrogen-bond donors (Lipinski definition) is 1. The summed E-state index contributed by atoms with van der Waals surface area (Å²) < 4.78 is 1.95. The summed E-state index contributed by atoms with van der Waals surface area (Å²) in [5.41, 5.74) is 10.1. The third-order valence-corrected chi connectivity index (χ3v) is 3.47. The first-order valence-corrected chi connectivity index (χ1v) is 7.47. The second-order valence-electron chi connectivity index (χ2n) is 5.78. The van der Waals surface area contributed by atoms with Crippen molar-refractivity contribution >= 4 is 12.2 Å². The molecule has 4 heteroatoms. The molecule has 112 valence electrons. The van der Waals surface area contributed by atoms with Crippen LogP contribution in [0.5, 0.6) is 0 Å². The van der Waals surface area contributed by atoms with E-state index >= 15 is 0 Å². The highest BCUT2D eigenvalue weighted by Crippen LogP contribution is 2.13. The minimum absolute atomic E-state index is 0.412. The van der Waals surface area contributed by atoms with E-state index in [1.54, 1.807) is 0 Å². The van der Waals surface area contributed by atoms with Crippen LogP contribution in [0.25, 0.3) is 12.2 Å². The van der Waals surface area contributed by atoms with Gasteiger partial charge in [-0.1, -0.05) is 55.0 Å². The molecule has 2 N–H and O–H groups in total. The first kappa shape index (κ1) is 15.4. The molecule has 4 nitrogen and oxygen atoms in total. The summed E-state index contributed by atoms with van der Waals surface area (Å²) in [4.78, 5) is 0. The maximum absolute atomic E-state index is 5.76. The molecule has 0 unspecified atom stereocenters.